The third-order valence-corrected chi connectivity index (χ3v) is 3.70. The molecule has 0 saturated heterocycles. The first-order valence-corrected chi connectivity index (χ1v) is 6.21. The van der Waals surface area contributed by atoms with E-state index in [0.717, 1.165) is 24.2 Å². The first-order valence-electron chi connectivity index (χ1n) is 6.21. The molecule has 4 nitrogen and oxygen atoms in total. The van der Waals surface area contributed by atoms with E-state index in [-0.39, 0.29) is 6.42 Å². The van der Waals surface area contributed by atoms with Crippen molar-refractivity contribution in [1.29, 1.82) is 0 Å². The third-order valence-electron chi connectivity index (χ3n) is 3.70. The molecule has 0 aliphatic heterocycles. The van der Waals surface area contributed by atoms with Gasteiger partial charge in [0, 0.05) is 7.05 Å². The monoisotopic (exact) mass is 281 g/mol. The van der Waals surface area contributed by atoms with Gasteiger partial charge >= 0.3 is 12.1 Å². The molecule has 1 amide bonds. The number of carboxylic acids is 1. The van der Waals surface area contributed by atoms with Gasteiger partial charge in [-0.2, -0.15) is 13.2 Å². The largest absolute Gasteiger partial charge is 0.481 e. The van der Waals surface area contributed by atoms with Crippen LogP contribution in [0.5, 0.6) is 0 Å². The first kappa shape index (κ1) is 15.8. The molecule has 0 aromatic rings. The molecular weight excluding hydrogens is 263 g/mol. The van der Waals surface area contributed by atoms with E-state index in [1.807, 2.05) is 0 Å². The van der Waals surface area contributed by atoms with Gasteiger partial charge in [0.15, 0.2) is 0 Å². The van der Waals surface area contributed by atoms with Gasteiger partial charge in [-0.15, -0.1) is 0 Å². The summed E-state index contributed by atoms with van der Waals surface area (Å²) in [4.78, 5) is 23.6. The van der Waals surface area contributed by atoms with Gasteiger partial charge in [0.25, 0.3) is 0 Å². The predicted molar refractivity (Wildman–Crippen MR) is 61.5 cm³/mol. The molecule has 0 heterocycles. The third kappa shape index (κ3) is 4.40. The fourth-order valence-electron chi connectivity index (χ4n) is 2.68. The van der Waals surface area contributed by atoms with Crippen LogP contribution >= 0.6 is 0 Å². The summed E-state index contributed by atoms with van der Waals surface area (Å²) < 4.78 is 36.8. The fraction of sp³-hybridized carbons (Fsp3) is 0.833. The van der Waals surface area contributed by atoms with Crippen LogP contribution in [-0.4, -0.2) is 40.6 Å². The molecule has 1 aliphatic rings. The van der Waals surface area contributed by atoms with Gasteiger partial charge in [-0.3, -0.25) is 9.59 Å². The van der Waals surface area contributed by atoms with E-state index in [1.165, 1.54) is 7.05 Å². The summed E-state index contributed by atoms with van der Waals surface area (Å²) in [6.07, 6.45) is -3.13. The lowest BCUT2D eigenvalue weighted by Crippen LogP contribution is -2.52. The highest BCUT2D eigenvalue weighted by atomic mass is 19.4. The molecule has 7 heteroatoms. The number of rotatable bonds is 4. The minimum Gasteiger partial charge on any atom is -0.481 e. The quantitative estimate of drug-likeness (QED) is 0.861. The number of carbonyl (C=O) groups is 2. The number of hydrogen-bond acceptors (Lipinski definition) is 2. The molecule has 0 radical (unpaired) electrons. The molecule has 1 saturated carbocycles. The second-order valence-corrected chi connectivity index (χ2v) is 5.10. The summed E-state index contributed by atoms with van der Waals surface area (Å²) in [5, 5.41) is 8.93. The maximum Gasteiger partial charge on any atom is 0.397 e. The molecule has 0 atom stereocenters. The molecule has 0 bridgehead atoms. The van der Waals surface area contributed by atoms with Crippen LogP contribution in [0.2, 0.25) is 0 Å². The molecule has 1 rings (SSSR count). The maximum atomic E-state index is 12.3. The number of carboxylic acid groups (broad SMARTS) is 1. The van der Waals surface area contributed by atoms with Crippen molar-refractivity contribution >= 4 is 11.9 Å². The van der Waals surface area contributed by atoms with Crippen molar-refractivity contribution in [2.24, 2.45) is 0 Å². The van der Waals surface area contributed by atoms with E-state index in [0.29, 0.717) is 12.8 Å². The summed E-state index contributed by atoms with van der Waals surface area (Å²) in [5.41, 5.74) is -0.966. The van der Waals surface area contributed by atoms with Crippen molar-refractivity contribution in [3.63, 3.8) is 0 Å². The second kappa shape index (κ2) is 5.79. The van der Waals surface area contributed by atoms with Crippen molar-refractivity contribution in [2.75, 3.05) is 7.05 Å². The van der Waals surface area contributed by atoms with Crippen molar-refractivity contribution in [1.82, 2.24) is 4.90 Å². The van der Waals surface area contributed by atoms with Gasteiger partial charge in [0.05, 0.1) is 12.0 Å². The minimum atomic E-state index is -4.57. The Hall–Kier alpha value is -1.27. The van der Waals surface area contributed by atoms with Crippen LogP contribution in [0.25, 0.3) is 0 Å². The van der Waals surface area contributed by atoms with Crippen LogP contribution in [-0.2, 0) is 9.59 Å². The zero-order valence-electron chi connectivity index (χ0n) is 10.8. The highest BCUT2D eigenvalue weighted by Crippen LogP contribution is 2.37. The van der Waals surface area contributed by atoms with Gasteiger partial charge in [0.1, 0.15) is 6.42 Å². The van der Waals surface area contributed by atoms with Gasteiger partial charge in [-0.05, 0) is 12.8 Å². The van der Waals surface area contributed by atoms with E-state index in [4.69, 9.17) is 5.11 Å². The molecule has 1 fully saturated rings. The second-order valence-electron chi connectivity index (χ2n) is 5.10. The number of hydrogen-bond donors (Lipinski definition) is 1. The number of carbonyl (C=O) groups excluding carboxylic acids is 1. The van der Waals surface area contributed by atoms with Crippen molar-refractivity contribution < 1.29 is 27.9 Å². The number of alkyl halides is 3. The first-order chi connectivity index (χ1) is 8.66. The normalized spacial score (nSPS) is 18.9. The van der Waals surface area contributed by atoms with E-state index in [1.54, 1.807) is 0 Å². The van der Waals surface area contributed by atoms with E-state index in [9.17, 15) is 22.8 Å². The van der Waals surface area contributed by atoms with Crippen LogP contribution in [0, 0.1) is 0 Å². The van der Waals surface area contributed by atoms with Crippen LogP contribution in [0.15, 0.2) is 0 Å². The zero-order chi connectivity index (χ0) is 14.7. The van der Waals surface area contributed by atoms with Gasteiger partial charge in [0.2, 0.25) is 5.91 Å². The van der Waals surface area contributed by atoms with Crippen LogP contribution in [0.1, 0.15) is 44.9 Å². The molecule has 0 unspecified atom stereocenters. The Morgan fingerprint density at radius 2 is 1.74 bits per heavy atom. The average molecular weight is 281 g/mol. The standard InChI is InChI=1S/C12H18F3NO3/c1-16(9(17)7-12(13,14)15)11(8-10(18)19)5-3-2-4-6-11/h2-8H2,1H3,(H,18,19). The zero-order valence-corrected chi connectivity index (χ0v) is 10.8. The molecule has 110 valence electrons. The van der Waals surface area contributed by atoms with Crippen molar-refractivity contribution in [3.8, 4) is 0 Å². The molecule has 19 heavy (non-hydrogen) atoms. The summed E-state index contributed by atoms with van der Waals surface area (Å²) in [5.74, 6) is -2.15. The Balaban J connectivity index is 2.84. The lowest BCUT2D eigenvalue weighted by Gasteiger charge is -2.44. The molecule has 0 spiro atoms. The highest BCUT2D eigenvalue weighted by Gasteiger charge is 2.43. The number of halogens is 3. The molecule has 0 aromatic heterocycles. The van der Waals surface area contributed by atoms with Crippen LogP contribution < -0.4 is 0 Å². The Morgan fingerprint density at radius 1 is 1.21 bits per heavy atom. The van der Waals surface area contributed by atoms with Gasteiger partial charge in [-0.1, -0.05) is 19.3 Å². The smallest absolute Gasteiger partial charge is 0.397 e. The molecule has 1 N–H and O–H groups in total. The molecular formula is C12H18F3NO3. The van der Waals surface area contributed by atoms with Crippen LogP contribution in [0.3, 0.4) is 0 Å². The maximum absolute atomic E-state index is 12.3. The van der Waals surface area contributed by atoms with E-state index >= 15 is 0 Å². The van der Waals surface area contributed by atoms with Gasteiger partial charge in [-0.25, -0.2) is 0 Å². The minimum absolute atomic E-state index is 0.299. The Morgan fingerprint density at radius 3 is 2.16 bits per heavy atom. The van der Waals surface area contributed by atoms with Crippen molar-refractivity contribution in [3.05, 3.63) is 0 Å². The summed E-state index contributed by atoms with van der Waals surface area (Å²) in [6, 6.07) is 0. The summed E-state index contributed by atoms with van der Waals surface area (Å²) >= 11 is 0. The Bertz CT molecular complexity index is 349. The van der Waals surface area contributed by atoms with Crippen LogP contribution in [0.4, 0.5) is 13.2 Å². The number of nitrogens with zero attached hydrogens (tertiary/aromatic N) is 1. The fourth-order valence-corrected chi connectivity index (χ4v) is 2.68. The topological polar surface area (TPSA) is 57.6 Å². The Labute approximate surface area is 109 Å². The molecule has 1 aliphatic carbocycles. The SMILES string of the molecule is CN(C(=O)CC(F)(F)F)C1(CC(=O)O)CCCCC1. The summed E-state index contributed by atoms with van der Waals surface area (Å²) in [7, 11) is 1.28. The van der Waals surface area contributed by atoms with Crippen molar-refractivity contribution in [2.45, 2.75) is 56.7 Å². The predicted octanol–water partition coefficient (Wildman–Crippen LogP) is 2.57. The molecule has 0 aromatic carbocycles. The highest BCUT2D eigenvalue weighted by molar-refractivity contribution is 5.79. The van der Waals surface area contributed by atoms with E-state index < -0.39 is 30.0 Å². The average Bonchev–Trinajstić information content (AvgIpc) is 2.26. The summed E-state index contributed by atoms with van der Waals surface area (Å²) in [6.45, 7) is 0. The number of amides is 1. The van der Waals surface area contributed by atoms with E-state index in [2.05, 4.69) is 0 Å². The van der Waals surface area contributed by atoms with Gasteiger partial charge < -0.3 is 10.0 Å². The lowest BCUT2D eigenvalue weighted by atomic mass is 9.78. The lowest BCUT2D eigenvalue weighted by molar-refractivity contribution is -0.166. The Kier molecular flexibility index (Phi) is 4.81. The number of aliphatic carboxylic acids is 1.